The topological polar surface area (TPSA) is 51.2 Å². The predicted octanol–water partition coefficient (Wildman–Crippen LogP) is 1.80. The molecule has 1 amide bonds. The van der Waals surface area contributed by atoms with E-state index in [2.05, 4.69) is 17.2 Å². The highest BCUT2D eigenvalue weighted by atomic mass is 16.5. The van der Waals surface area contributed by atoms with Crippen LogP contribution in [0.25, 0.3) is 0 Å². The van der Waals surface area contributed by atoms with Gasteiger partial charge in [-0.25, -0.2) is 4.98 Å². The van der Waals surface area contributed by atoms with E-state index in [9.17, 15) is 4.79 Å². The van der Waals surface area contributed by atoms with Crippen molar-refractivity contribution >= 4 is 5.91 Å². The first-order chi connectivity index (χ1) is 8.17. The largest absolute Gasteiger partial charge is 0.481 e. The van der Waals surface area contributed by atoms with E-state index in [-0.39, 0.29) is 5.91 Å². The van der Waals surface area contributed by atoms with Crippen LogP contribution in [0.1, 0.15) is 25.8 Å². The minimum atomic E-state index is 0.0154. The fraction of sp³-hybridized carbons (Fsp3) is 0.538. The van der Waals surface area contributed by atoms with Gasteiger partial charge in [-0.1, -0.05) is 19.4 Å². The van der Waals surface area contributed by atoms with Crippen molar-refractivity contribution in [2.75, 3.05) is 13.7 Å². The molecule has 1 N–H and O–H groups in total. The van der Waals surface area contributed by atoms with Gasteiger partial charge in [0, 0.05) is 25.2 Å². The van der Waals surface area contributed by atoms with Crippen LogP contribution < -0.4 is 10.1 Å². The third kappa shape index (κ3) is 4.43. The third-order valence-corrected chi connectivity index (χ3v) is 2.77. The Kier molecular flexibility index (Phi) is 5.46. The molecule has 0 aliphatic rings. The molecule has 0 spiro atoms. The molecule has 0 radical (unpaired) electrons. The molecule has 1 heterocycles. The maximum atomic E-state index is 10.9. The predicted molar refractivity (Wildman–Crippen MR) is 67.0 cm³/mol. The average molecular weight is 236 g/mol. The summed E-state index contributed by atoms with van der Waals surface area (Å²) >= 11 is 0. The Morgan fingerprint density at radius 1 is 1.59 bits per heavy atom. The van der Waals surface area contributed by atoms with Crippen molar-refractivity contribution in [3.8, 4) is 5.88 Å². The maximum absolute atomic E-state index is 10.9. The van der Waals surface area contributed by atoms with Gasteiger partial charge in [-0.3, -0.25) is 4.79 Å². The standard InChI is InChI=1S/C13H20N2O2/c1-4-11(9-15-10(2)16)8-12-6-5-7-14-13(12)17-3/h5-7,11H,4,8-9H2,1-3H3,(H,15,16). The molecule has 1 unspecified atom stereocenters. The Labute approximate surface area is 102 Å². The molecule has 1 atom stereocenters. The van der Waals surface area contributed by atoms with Crippen molar-refractivity contribution in [1.82, 2.24) is 10.3 Å². The number of pyridine rings is 1. The molecule has 4 heteroatoms. The molecule has 0 aliphatic heterocycles. The first-order valence-corrected chi connectivity index (χ1v) is 5.89. The summed E-state index contributed by atoms with van der Waals surface area (Å²) in [7, 11) is 1.63. The smallest absolute Gasteiger partial charge is 0.216 e. The second-order valence-corrected chi connectivity index (χ2v) is 4.09. The molecule has 1 aromatic rings. The van der Waals surface area contributed by atoms with Crippen LogP contribution in [0.3, 0.4) is 0 Å². The Morgan fingerprint density at radius 3 is 2.94 bits per heavy atom. The first kappa shape index (κ1) is 13.5. The highest BCUT2D eigenvalue weighted by Crippen LogP contribution is 2.19. The number of amides is 1. The van der Waals surface area contributed by atoms with Crippen LogP contribution >= 0.6 is 0 Å². The minimum Gasteiger partial charge on any atom is -0.481 e. The molecule has 0 saturated carbocycles. The third-order valence-electron chi connectivity index (χ3n) is 2.77. The summed E-state index contributed by atoms with van der Waals surface area (Å²) in [5, 5.41) is 2.85. The van der Waals surface area contributed by atoms with Gasteiger partial charge in [0.15, 0.2) is 0 Å². The van der Waals surface area contributed by atoms with Gasteiger partial charge < -0.3 is 10.1 Å². The van der Waals surface area contributed by atoms with Crippen molar-refractivity contribution in [2.24, 2.45) is 5.92 Å². The van der Waals surface area contributed by atoms with Crippen molar-refractivity contribution in [1.29, 1.82) is 0 Å². The molecular formula is C13H20N2O2. The molecule has 0 bridgehead atoms. The summed E-state index contributed by atoms with van der Waals surface area (Å²) in [5.41, 5.74) is 1.09. The Morgan fingerprint density at radius 2 is 2.35 bits per heavy atom. The molecule has 0 aromatic carbocycles. The van der Waals surface area contributed by atoms with Crippen LogP contribution in [0, 0.1) is 5.92 Å². The fourth-order valence-electron chi connectivity index (χ4n) is 1.72. The van der Waals surface area contributed by atoms with Gasteiger partial charge in [-0.2, -0.15) is 0 Å². The Balaban J connectivity index is 2.63. The highest BCUT2D eigenvalue weighted by Gasteiger charge is 2.11. The van der Waals surface area contributed by atoms with Gasteiger partial charge in [0.05, 0.1) is 7.11 Å². The summed E-state index contributed by atoms with van der Waals surface area (Å²) in [6.07, 6.45) is 3.60. The molecule has 0 aliphatic carbocycles. The van der Waals surface area contributed by atoms with Gasteiger partial charge in [-0.15, -0.1) is 0 Å². The zero-order chi connectivity index (χ0) is 12.7. The van der Waals surface area contributed by atoms with Crippen LogP contribution in [-0.2, 0) is 11.2 Å². The normalized spacial score (nSPS) is 11.9. The average Bonchev–Trinajstić information content (AvgIpc) is 2.34. The zero-order valence-corrected chi connectivity index (χ0v) is 10.7. The molecule has 1 rings (SSSR count). The number of hydrogen-bond acceptors (Lipinski definition) is 3. The van der Waals surface area contributed by atoms with E-state index in [1.54, 1.807) is 13.3 Å². The van der Waals surface area contributed by atoms with E-state index in [1.165, 1.54) is 6.92 Å². The lowest BCUT2D eigenvalue weighted by Gasteiger charge is -2.16. The SMILES string of the molecule is CCC(CNC(C)=O)Cc1cccnc1OC. The van der Waals surface area contributed by atoms with Gasteiger partial charge in [0.1, 0.15) is 0 Å². The van der Waals surface area contributed by atoms with Crippen LogP contribution in [0.15, 0.2) is 18.3 Å². The van der Waals surface area contributed by atoms with Crippen molar-refractivity contribution in [2.45, 2.75) is 26.7 Å². The van der Waals surface area contributed by atoms with Crippen LogP contribution in [0.2, 0.25) is 0 Å². The number of carbonyl (C=O) groups excluding carboxylic acids is 1. The fourth-order valence-corrected chi connectivity index (χ4v) is 1.72. The summed E-state index contributed by atoms with van der Waals surface area (Å²) in [6.45, 7) is 4.36. The number of methoxy groups -OCH3 is 1. The molecule has 0 fully saturated rings. The number of rotatable bonds is 6. The van der Waals surface area contributed by atoms with E-state index >= 15 is 0 Å². The van der Waals surface area contributed by atoms with Gasteiger partial charge in [-0.05, 0) is 18.4 Å². The number of ether oxygens (including phenoxy) is 1. The number of nitrogens with one attached hydrogen (secondary N) is 1. The molecule has 17 heavy (non-hydrogen) atoms. The zero-order valence-electron chi connectivity index (χ0n) is 10.7. The highest BCUT2D eigenvalue weighted by molar-refractivity contribution is 5.72. The second-order valence-electron chi connectivity index (χ2n) is 4.09. The first-order valence-electron chi connectivity index (χ1n) is 5.89. The summed E-state index contributed by atoms with van der Waals surface area (Å²) < 4.78 is 5.22. The second kappa shape index (κ2) is 6.89. The van der Waals surface area contributed by atoms with Crippen molar-refractivity contribution in [3.05, 3.63) is 23.9 Å². The maximum Gasteiger partial charge on any atom is 0.216 e. The number of hydrogen-bond donors (Lipinski definition) is 1. The molecule has 4 nitrogen and oxygen atoms in total. The quantitative estimate of drug-likeness (QED) is 0.819. The van der Waals surface area contributed by atoms with E-state index in [0.29, 0.717) is 18.3 Å². The summed E-state index contributed by atoms with van der Waals surface area (Å²) in [5.74, 6) is 1.10. The molecule has 1 aromatic heterocycles. The van der Waals surface area contributed by atoms with Crippen LogP contribution in [0.4, 0.5) is 0 Å². The van der Waals surface area contributed by atoms with Crippen molar-refractivity contribution < 1.29 is 9.53 Å². The molecule has 94 valence electrons. The summed E-state index contributed by atoms with van der Waals surface area (Å²) in [6, 6.07) is 3.92. The number of nitrogens with zero attached hydrogens (tertiary/aromatic N) is 1. The lowest BCUT2D eigenvalue weighted by atomic mass is 9.97. The number of carbonyl (C=O) groups is 1. The van der Waals surface area contributed by atoms with Gasteiger partial charge >= 0.3 is 0 Å². The van der Waals surface area contributed by atoms with E-state index < -0.39 is 0 Å². The Bertz CT molecular complexity index is 366. The van der Waals surface area contributed by atoms with Crippen LogP contribution in [-0.4, -0.2) is 24.5 Å². The van der Waals surface area contributed by atoms with E-state index in [0.717, 1.165) is 18.4 Å². The van der Waals surface area contributed by atoms with E-state index in [1.807, 2.05) is 12.1 Å². The van der Waals surface area contributed by atoms with Crippen LogP contribution in [0.5, 0.6) is 5.88 Å². The Hall–Kier alpha value is -1.58. The molecule has 0 saturated heterocycles. The lowest BCUT2D eigenvalue weighted by Crippen LogP contribution is -2.27. The molecular weight excluding hydrogens is 216 g/mol. The van der Waals surface area contributed by atoms with Gasteiger partial charge in [0.2, 0.25) is 11.8 Å². The minimum absolute atomic E-state index is 0.0154. The lowest BCUT2D eigenvalue weighted by molar-refractivity contribution is -0.119. The monoisotopic (exact) mass is 236 g/mol. The van der Waals surface area contributed by atoms with E-state index in [4.69, 9.17) is 4.74 Å². The number of aromatic nitrogens is 1. The van der Waals surface area contributed by atoms with Gasteiger partial charge in [0.25, 0.3) is 0 Å². The van der Waals surface area contributed by atoms with Crippen molar-refractivity contribution in [3.63, 3.8) is 0 Å². The summed E-state index contributed by atoms with van der Waals surface area (Å²) in [4.78, 5) is 15.1.